The van der Waals surface area contributed by atoms with Crippen LogP contribution < -0.4 is 10.6 Å². The molecule has 3 N–H and O–H groups in total. The Hall–Kier alpha value is -3.20. The number of benzene rings is 1. The predicted octanol–water partition coefficient (Wildman–Crippen LogP) is 2.15. The van der Waals surface area contributed by atoms with Crippen LogP contribution in [0, 0.1) is 0 Å². The summed E-state index contributed by atoms with van der Waals surface area (Å²) in [5.74, 6) is -0.888. The van der Waals surface area contributed by atoms with Crippen LogP contribution >= 0.6 is 0 Å². The fourth-order valence-electron chi connectivity index (χ4n) is 3.78. The van der Waals surface area contributed by atoms with Gasteiger partial charge < -0.3 is 15.0 Å². The van der Waals surface area contributed by atoms with Crippen LogP contribution in [-0.4, -0.2) is 57.9 Å². The predicted molar refractivity (Wildman–Crippen MR) is 118 cm³/mol. The Labute approximate surface area is 187 Å². The lowest BCUT2D eigenvalue weighted by Gasteiger charge is -2.24. The fraction of sp³-hybridized carbons (Fsp3) is 0.478. The minimum Gasteiger partial charge on any atom is -0.445 e. The molecule has 0 spiro atoms. The van der Waals surface area contributed by atoms with Crippen LogP contribution in [0.5, 0.6) is 0 Å². The second kappa shape index (κ2) is 12.0. The van der Waals surface area contributed by atoms with Crippen molar-refractivity contribution in [3.63, 3.8) is 0 Å². The molecule has 0 unspecified atom stereocenters. The number of imidazole rings is 1. The van der Waals surface area contributed by atoms with Crippen molar-refractivity contribution in [1.29, 1.82) is 0 Å². The number of rotatable bonds is 10. The number of ether oxygens (including phenoxy) is 1. The molecule has 9 nitrogen and oxygen atoms in total. The molecule has 1 aliphatic heterocycles. The van der Waals surface area contributed by atoms with Crippen molar-refractivity contribution in [3.05, 3.63) is 54.1 Å². The van der Waals surface area contributed by atoms with E-state index >= 15 is 0 Å². The molecule has 32 heavy (non-hydrogen) atoms. The number of amides is 3. The first-order chi connectivity index (χ1) is 15.6. The van der Waals surface area contributed by atoms with Crippen molar-refractivity contribution in [1.82, 2.24) is 25.5 Å². The number of nitrogens with zero attached hydrogens (tertiary/aromatic N) is 2. The SMILES string of the molecule is CCCCN1CCC[C@H]1C(=O)NC(=O)[C@H](Cc1cnc[nH]1)NC(=O)OCc1ccccc1. The molecule has 3 rings (SSSR count). The zero-order chi connectivity index (χ0) is 22.8. The summed E-state index contributed by atoms with van der Waals surface area (Å²) in [4.78, 5) is 47.0. The molecular weight excluding hydrogens is 410 g/mol. The molecule has 2 heterocycles. The first-order valence-corrected chi connectivity index (χ1v) is 11.1. The van der Waals surface area contributed by atoms with Gasteiger partial charge in [-0.2, -0.15) is 0 Å². The van der Waals surface area contributed by atoms with Crippen LogP contribution in [-0.2, 0) is 27.4 Å². The number of carbonyl (C=O) groups excluding carboxylic acids is 3. The molecule has 1 aromatic carbocycles. The Morgan fingerprint density at radius 3 is 2.81 bits per heavy atom. The van der Waals surface area contributed by atoms with E-state index in [9.17, 15) is 14.4 Å². The number of aromatic nitrogens is 2. The molecule has 0 radical (unpaired) electrons. The van der Waals surface area contributed by atoms with Gasteiger partial charge in [-0.05, 0) is 37.9 Å². The van der Waals surface area contributed by atoms with Crippen LogP contribution in [0.1, 0.15) is 43.9 Å². The van der Waals surface area contributed by atoms with E-state index < -0.39 is 18.0 Å². The molecule has 1 saturated heterocycles. The van der Waals surface area contributed by atoms with Gasteiger partial charge in [-0.25, -0.2) is 9.78 Å². The smallest absolute Gasteiger partial charge is 0.408 e. The minimum atomic E-state index is -0.979. The fourth-order valence-corrected chi connectivity index (χ4v) is 3.78. The number of alkyl carbamates (subject to hydrolysis) is 1. The Balaban J connectivity index is 1.59. The molecule has 1 fully saturated rings. The van der Waals surface area contributed by atoms with E-state index in [0.29, 0.717) is 5.69 Å². The summed E-state index contributed by atoms with van der Waals surface area (Å²) in [6.07, 6.45) is 6.20. The van der Waals surface area contributed by atoms with Gasteiger partial charge in [0.25, 0.3) is 0 Å². The zero-order valence-electron chi connectivity index (χ0n) is 18.4. The van der Waals surface area contributed by atoms with Gasteiger partial charge in [0, 0.05) is 18.3 Å². The molecule has 9 heteroatoms. The number of likely N-dealkylation sites (tertiary alicyclic amines) is 1. The Bertz CT molecular complexity index is 872. The third-order valence-corrected chi connectivity index (χ3v) is 5.51. The maximum absolute atomic E-state index is 12.9. The number of aromatic amines is 1. The monoisotopic (exact) mass is 441 g/mol. The molecule has 1 aliphatic rings. The van der Waals surface area contributed by atoms with E-state index in [1.807, 2.05) is 30.3 Å². The second-order valence-corrected chi connectivity index (χ2v) is 7.94. The van der Waals surface area contributed by atoms with E-state index in [-0.39, 0.29) is 25.0 Å². The lowest BCUT2D eigenvalue weighted by Crippen LogP contribution is -2.53. The molecule has 172 valence electrons. The van der Waals surface area contributed by atoms with Crippen molar-refractivity contribution in [2.45, 2.75) is 57.7 Å². The number of nitrogens with one attached hydrogen (secondary N) is 3. The first-order valence-electron chi connectivity index (χ1n) is 11.1. The molecule has 2 aromatic rings. The highest BCUT2D eigenvalue weighted by molar-refractivity contribution is 6.01. The summed E-state index contributed by atoms with van der Waals surface area (Å²) in [5.41, 5.74) is 1.49. The van der Waals surface area contributed by atoms with Crippen LogP contribution in [0.2, 0.25) is 0 Å². The number of H-pyrrole nitrogens is 1. The highest BCUT2D eigenvalue weighted by atomic mass is 16.5. The standard InChI is InChI=1S/C23H31N5O4/c1-2-3-11-28-12-7-10-20(28)22(30)27-21(29)19(13-18-14-24-16-25-18)26-23(31)32-15-17-8-5-4-6-9-17/h4-6,8-9,14,16,19-20H,2-3,7,10-13,15H2,1H3,(H,24,25)(H,26,31)(H,27,29,30)/t19-,20-/m0/s1. The summed E-state index contributed by atoms with van der Waals surface area (Å²) >= 11 is 0. The zero-order valence-corrected chi connectivity index (χ0v) is 18.4. The first kappa shape index (κ1) is 23.5. The summed E-state index contributed by atoms with van der Waals surface area (Å²) < 4.78 is 5.25. The number of unbranched alkanes of at least 4 members (excludes halogenated alkanes) is 1. The van der Waals surface area contributed by atoms with Crippen LogP contribution in [0.25, 0.3) is 0 Å². The number of carbonyl (C=O) groups is 3. The number of imide groups is 1. The highest BCUT2D eigenvalue weighted by Crippen LogP contribution is 2.18. The van der Waals surface area contributed by atoms with Gasteiger partial charge in [-0.15, -0.1) is 0 Å². The quantitative estimate of drug-likeness (QED) is 0.520. The van der Waals surface area contributed by atoms with Crippen molar-refractivity contribution >= 4 is 17.9 Å². The van der Waals surface area contributed by atoms with E-state index in [1.165, 1.54) is 6.33 Å². The molecule has 3 amide bonds. The van der Waals surface area contributed by atoms with Gasteiger partial charge >= 0.3 is 6.09 Å². The Morgan fingerprint density at radius 2 is 2.09 bits per heavy atom. The maximum atomic E-state index is 12.9. The van der Waals surface area contributed by atoms with Crippen molar-refractivity contribution in [3.8, 4) is 0 Å². The number of hydrogen-bond acceptors (Lipinski definition) is 6. The van der Waals surface area contributed by atoms with E-state index in [2.05, 4.69) is 32.4 Å². The van der Waals surface area contributed by atoms with E-state index in [4.69, 9.17) is 4.74 Å². The molecule has 0 aliphatic carbocycles. The van der Waals surface area contributed by atoms with Crippen LogP contribution in [0.4, 0.5) is 4.79 Å². The summed E-state index contributed by atoms with van der Waals surface area (Å²) in [6, 6.07) is 7.96. The molecule has 2 atom stereocenters. The number of hydrogen-bond donors (Lipinski definition) is 3. The molecular formula is C23H31N5O4. The van der Waals surface area contributed by atoms with Gasteiger partial charge in [0.2, 0.25) is 11.8 Å². The average Bonchev–Trinajstić information content (AvgIpc) is 3.48. The molecule has 0 saturated carbocycles. The average molecular weight is 442 g/mol. The topological polar surface area (TPSA) is 116 Å². The van der Waals surface area contributed by atoms with Crippen molar-refractivity contribution in [2.24, 2.45) is 0 Å². The van der Waals surface area contributed by atoms with Crippen molar-refractivity contribution < 1.29 is 19.1 Å². The summed E-state index contributed by atoms with van der Waals surface area (Å²) in [6.45, 7) is 3.88. The van der Waals surface area contributed by atoms with Gasteiger partial charge in [-0.3, -0.25) is 19.8 Å². The van der Waals surface area contributed by atoms with E-state index in [1.54, 1.807) is 6.20 Å². The normalized spacial score (nSPS) is 17.0. The third-order valence-electron chi connectivity index (χ3n) is 5.51. The van der Waals surface area contributed by atoms with Gasteiger partial charge in [0.05, 0.1) is 12.4 Å². The third kappa shape index (κ3) is 6.91. The van der Waals surface area contributed by atoms with Crippen LogP contribution in [0.3, 0.4) is 0 Å². The van der Waals surface area contributed by atoms with E-state index in [0.717, 1.165) is 44.3 Å². The maximum Gasteiger partial charge on any atom is 0.408 e. The van der Waals surface area contributed by atoms with Crippen molar-refractivity contribution in [2.75, 3.05) is 13.1 Å². The lowest BCUT2D eigenvalue weighted by atomic mass is 10.1. The highest BCUT2D eigenvalue weighted by Gasteiger charge is 2.33. The summed E-state index contributed by atoms with van der Waals surface area (Å²) in [5, 5.41) is 5.08. The minimum absolute atomic E-state index is 0.0818. The largest absolute Gasteiger partial charge is 0.445 e. The molecule has 0 bridgehead atoms. The molecule has 1 aromatic heterocycles. The Kier molecular flexibility index (Phi) is 8.79. The Morgan fingerprint density at radius 1 is 1.28 bits per heavy atom. The van der Waals surface area contributed by atoms with Crippen LogP contribution in [0.15, 0.2) is 42.9 Å². The summed E-state index contributed by atoms with van der Waals surface area (Å²) in [7, 11) is 0. The second-order valence-electron chi connectivity index (χ2n) is 7.94. The van der Waals surface area contributed by atoms with Gasteiger partial charge in [0.15, 0.2) is 0 Å². The van der Waals surface area contributed by atoms with Gasteiger partial charge in [0.1, 0.15) is 12.6 Å². The lowest BCUT2D eigenvalue weighted by molar-refractivity contribution is -0.134. The van der Waals surface area contributed by atoms with Gasteiger partial charge in [-0.1, -0.05) is 43.7 Å².